The summed E-state index contributed by atoms with van der Waals surface area (Å²) in [6.07, 6.45) is 4.87. The standard InChI is InChI=1S/C27H41NO6/c1-5-11-21(24(31)34-26(2,3)4)17-27(14-9-10-15-27)25(32)28-22(16-23(29)30)19-33-18-20-12-7-6-8-13-20/h6-8,12-13,21-22H,5,9-11,14-19H2,1-4H3,(H,28,32)(H,29,30)/t21-,22+/m1/s1. The molecule has 0 unspecified atom stereocenters. The number of aliphatic carboxylic acids is 1. The molecule has 0 bridgehead atoms. The van der Waals surface area contributed by atoms with E-state index in [1.54, 1.807) is 0 Å². The maximum atomic E-state index is 13.5. The van der Waals surface area contributed by atoms with Crippen LogP contribution in [0.2, 0.25) is 0 Å². The van der Waals surface area contributed by atoms with Crippen molar-refractivity contribution < 1.29 is 29.0 Å². The van der Waals surface area contributed by atoms with Gasteiger partial charge in [0.15, 0.2) is 0 Å². The van der Waals surface area contributed by atoms with E-state index in [0.29, 0.717) is 32.3 Å². The average Bonchev–Trinajstić information content (AvgIpc) is 3.22. The molecule has 2 atom stereocenters. The highest BCUT2D eigenvalue weighted by Gasteiger charge is 2.45. The van der Waals surface area contributed by atoms with Gasteiger partial charge in [-0.1, -0.05) is 56.5 Å². The molecule has 0 spiro atoms. The molecule has 0 aromatic heterocycles. The van der Waals surface area contributed by atoms with Gasteiger partial charge >= 0.3 is 11.9 Å². The van der Waals surface area contributed by atoms with Crippen molar-refractivity contribution in [1.82, 2.24) is 5.32 Å². The SMILES string of the molecule is CCC[C@H](CC1(C(=O)N[C@H](COCc2ccccc2)CC(=O)O)CCCC1)C(=O)OC(C)(C)C. The minimum atomic E-state index is -0.994. The Balaban J connectivity index is 2.09. The van der Waals surface area contributed by atoms with Crippen molar-refractivity contribution in [2.45, 2.75) is 97.3 Å². The zero-order valence-electron chi connectivity index (χ0n) is 21.1. The normalized spacial score (nSPS) is 17.1. The van der Waals surface area contributed by atoms with Crippen molar-refractivity contribution in [3.63, 3.8) is 0 Å². The molecule has 0 heterocycles. The third-order valence-corrected chi connectivity index (χ3v) is 6.24. The van der Waals surface area contributed by atoms with E-state index in [1.807, 2.05) is 58.0 Å². The van der Waals surface area contributed by atoms with Gasteiger partial charge in [0.2, 0.25) is 5.91 Å². The van der Waals surface area contributed by atoms with E-state index < -0.39 is 23.0 Å². The van der Waals surface area contributed by atoms with Gasteiger partial charge in [0, 0.05) is 0 Å². The number of carbonyl (C=O) groups excluding carboxylic acids is 2. The summed E-state index contributed by atoms with van der Waals surface area (Å²) >= 11 is 0. The van der Waals surface area contributed by atoms with E-state index in [9.17, 15) is 19.5 Å². The van der Waals surface area contributed by atoms with Crippen molar-refractivity contribution in [1.29, 1.82) is 0 Å². The Kier molecular flexibility index (Phi) is 10.5. The van der Waals surface area contributed by atoms with Gasteiger partial charge in [0.05, 0.1) is 37.0 Å². The van der Waals surface area contributed by atoms with Crippen molar-refractivity contribution in [3.8, 4) is 0 Å². The molecule has 34 heavy (non-hydrogen) atoms. The highest BCUT2D eigenvalue weighted by Crippen LogP contribution is 2.45. The molecule has 2 rings (SSSR count). The highest BCUT2D eigenvalue weighted by atomic mass is 16.6. The van der Waals surface area contributed by atoms with Crippen LogP contribution >= 0.6 is 0 Å². The summed E-state index contributed by atoms with van der Waals surface area (Å²) in [5.41, 5.74) is -0.293. The first-order valence-electron chi connectivity index (χ1n) is 12.4. The molecule has 7 heteroatoms. The maximum absolute atomic E-state index is 13.5. The number of hydrogen-bond donors (Lipinski definition) is 2. The lowest BCUT2D eigenvalue weighted by Crippen LogP contribution is -2.48. The number of rotatable bonds is 13. The number of carbonyl (C=O) groups is 3. The zero-order chi connectivity index (χ0) is 25.2. The molecule has 0 saturated heterocycles. The zero-order valence-corrected chi connectivity index (χ0v) is 21.1. The molecular formula is C27H41NO6. The number of esters is 1. The van der Waals surface area contributed by atoms with Gasteiger partial charge in [-0.05, 0) is 52.0 Å². The number of benzene rings is 1. The number of amides is 1. The van der Waals surface area contributed by atoms with Crippen LogP contribution in [0, 0.1) is 11.3 Å². The molecule has 1 aliphatic rings. The van der Waals surface area contributed by atoms with Gasteiger partial charge in [-0.15, -0.1) is 0 Å². The van der Waals surface area contributed by atoms with E-state index in [2.05, 4.69) is 5.32 Å². The summed E-state index contributed by atoms with van der Waals surface area (Å²) in [4.78, 5) is 37.9. The van der Waals surface area contributed by atoms with Crippen LogP contribution in [-0.4, -0.2) is 41.2 Å². The Labute approximate surface area is 203 Å². The van der Waals surface area contributed by atoms with Crippen LogP contribution in [0.5, 0.6) is 0 Å². The third-order valence-electron chi connectivity index (χ3n) is 6.24. The van der Waals surface area contributed by atoms with E-state index in [0.717, 1.165) is 24.8 Å². The van der Waals surface area contributed by atoms with Crippen LogP contribution in [0.15, 0.2) is 30.3 Å². The lowest BCUT2D eigenvalue weighted by Gasteiger charge is -2.33. The second kappa shape index (κ2) is 12.9. The molecule has 190 valence electrons. The van der Waals surface area contributed by atoms with Gasteiger partial charge < -0.3 is 19.9 Å². The second-order valence-electron chi connectivity index (χ2n) is 10.5. The summed E-state index contributed by atoms with van der Waals surface area (Å²) in [7, 11) is 0. The Hall–Kier alpha value is -2.41. The first-order chi connectivity index (χ1) is 16.0. The monoisotopic (exact) mass is 475 g/mol. The number of nitrogens with one attached hydrogen (secondary N) is 1. The van der Waals surface area contributed by atoms with E-state index in [1.165, 1.54) is 0 Å². The lowest BCUT2D eigenvalue weighted by molar-refractivity contribution is -0.162. The Morgan fingerprint density at radius 3 is 2.32 bits per heavy atom. The predicted molar refractivity (Wildman–Crippen MR) is 130 cm³/mol. The number of carboxylic acid groups (broad SMARTS) is 1. The van der Waals surface area contributed by atoms with Crippen LogP contribution in [0.25, 0.3) is 0 Å². The van der Waals surface area contributed by atoms with E-state index in [-0.39, 0.29) is 30.8 Å². The highest BCUT2D eigenvalue weighted by molar-refractivity contribution is 5.85. The van der Waals surface area contributed by atoms with Crippen molar-refractivity contribution in [2.75, 3.05) is 6.61 Å². The van der Waals surface area contributed by atoms with Gasteiger partial charge in [-0.2, -0.15) is 0 Å². The van der Waals surface area contributed by atoms with Gasteiger partial charge in [-0.3, -0.25) is 14.4 Å². The molecule has 1 amide bonds. The van der Waals surface area contributed by atoms with Crippen LogP contribution in [-0.2, 0) is 30.5 Å². The van der Waals surface area contributed by atoms with Crippen LogP contribution in [0.3, 0.4) is 0 Å². The van der Waals surface area contributed by atoms with Crippen molar-refractivity contribution in [2.24, 2.45) is 11.3 Å². The summed E-state index contributed by atoms with van der Waals surface area (Å²) in [6.45, 7) is 8.00. The predicted octanol–water partition coefficient (Wildman–Crippen LogP) is 4.87. The van der Waals surface area contributed by atoms with Gasteiger partial charge in [0.25, 0.3) is 0 Å². The number of ether oxygens (including phenoxy) is 2. The first kappa shape index (κ1) is 27.8. The summed E-state index contributed by atoms with van der Waals surface area (Å²) in [6, 6.07) is 8.97. The summed E-state index contributed by atoms with van der Waals surface area (Å²) in [5.74, 6) is -1.79. The van der Waals surface area contributed by atoms with E-state index >= 15 is 0 Å². The molecule has 2 N–H and O–H groups in total. The number of hydrogen-bond acceptors (Lipinski definition) is 5. The Bertz CT molecular complexity index is 795. The lowest BCUT2D eigenvalue weighted by atomic mass is 9.75. The molecule has 1 fully saturated rings. The molecule has 1 aromatic carbocycles. The average molecular weight is 476 g/mol. The first-order valence-corrected chi connectivity index (χ1v) is 12.4. The molecule has 1 aromatic rings. The minimum absolute atomic E-state index is 0.105. The Morgan fingerprint density at radius 2 is 1.76 bits per heavy atom. The van der Waals surface area contributed by atoms with Crippen LogP contribution in [0.1, 0.15) is 84.6 Å². The Morgan fingerprint density at radius 1 is 1.12 bits per heavy atom. The van der Waals surface area contributed by atoms with Crippen molar-refractivity contribution in [3.05, 3.63) is 35.9 Å². The van der Waals surface area contributed by atoms with Gasteiger partial charge in [-0.25, -0.2) is 0 Å². The minimum Gasteiger partial charge on any atom is -0.481 e. The van der Waals surface area contributed by atoms with Crippen LogP contribution < -0.4 is 5.32 Å². The summed E-state index contributed by atoms with van der Waals surface area (Å²) < 4.78 is 11.4. The topological polar surface area (TPSA) is 102 Å². The molecule has 0 radical (unpaired) electrons. The number of carboxylic acids is 1. The molecular weight excluding hydrogens is 434 g/mol. The van der Waals surface area contributed by atoms with E-state index in [4.69, 9.17) is 9.47 Å². The molecule has 1 saturated carbocycles. The fourth-order valence-corrected chi connectivity index (χ4v) is 4.68. The van der Waals surface area contributed by atoms with Gasteiger partial charge in [0.1, 0.15) is 5.60 Å². The quantitative estimate of drug-likeness (QED) is 0.395. The molecule has 0 aliphatic heterocycles. The fraction of sp³-hybridized carbons (Fsp3) is 0.667. The largest absolute Gasteiger partial charge is 0.481 e. The fourth-order valence-electron chi connectivity index (χ4n) is 4.68. The van der Waals surface area contributed by atoms with Crippen molar-refractivity contribution >= 4 is 17.8 Å². The smallest absolute Gasteiger partial charge is 0.309 e. The second-order valence-corrected chi connectivity index (χ2v) is 10.5. The van der Waals surface area contributed by atoms with Crippen LogP contribution in [0.4, 0.5) is 0 Å². The molecule has 7 nitrogen and oxygen atoms in total. The third kappa shape index (κ3) is 9.09. The maximum Gasteiger partial charge on any atom is 0.309 e. The summed E-state index contributed by atoms with van der Waals surface area (Å²) in [5, 5.41) is 12.3. The molecule has 1 aliphatic carbocycles.